The zero-order valence-corrected chi connectivity index (χ0v) is 26.6. The quantitative estimate of drug-likeness (QED) is 0.269. The second kappa shape index (κ2) is 11.1. The van der Waals surface area contributed by atoms with E-state index in [2.05, 4.69) is 0 Å². The van der Waals surface area contributed by atoms with Crippen molar-refractivity contribution in [2.75, 3.05) is 5.75 Å². The van der Waals surface area contributed by atoms with Crippen LogP contribution in [0.25, 0.3) is 0 Å². The van der Waals surface area contributed by atoms with Gasteiger partial charge in [0.25, 0.3) is 0 Å². The average Bonchev–Trinajstić information content (AvgIpc) is 3.16. The van der Waals surface area contributed by atoms with Crippen LogP contribution in [-0.4, -0.2) is 57.1 Å². The molecule has 1 N–H and O–H groups in total. The van der Waals surface area contributed by atoms with Crippen molar-refractivity contribution in [3.8, 4) is 0 Å². The lowest BCUT2D eigenvalue weighted by Crippen LogP contribution is -2.70. The molecule has 0 aromatic heterocycles. The topological polar surface area (TPSA) is 97.7 Å². The molecule has 1 aromatic carbocycles. The van der Waals surface area contributed by atoms with E-state index >= 15 is 8.78 Å². The van der Waals surface area contributed by atoms with Crippen molar-refractivity contribution in [2.45, 2.75) is 76.9 Å². The third-order valence-corrected chi connectivity index (χ3v) is 12.2. The first-order valence-electron chi connectivity index (χ1n) is 14.4. The summed E-state index contributed by atoms with van der Waals surface area (Å²) in [5.74, 6) is -4.31. The number of hydrogen-bond acceptors (Lipinski definition) is 7. The van der Waals surface area contributed by atoms with E-state index in [1.54, 1.807) is 26.8 Å². The predicted molar refractivity (Wildman–Crippen MR) is 161 cm³/mol. The Kier molecular flexibility index (Phi) is 8.32. The number of aliphatic hydroxyl groups excluding tert-OH is 1. The second-order valence-electron chi connectivity index (χ2n) is 12.7. The lowest BCUT2D eigenvalue weighted by atomic mass is 9.44. The number of benzene rings is 1. The minimum absolute atomic E-state index is 0.000463. The number of ether oxygens (including phenoxy) is 1. The average molecular weight is 656 g/mol. The summed E-state index contributed by atoms with van der Waals surface area (Å²) in [7, 11) is 0. The maximum Gasteiger partial charge on any atom is 0.306 e. The Bertz CT molecular complexity index is 1440. The number of alkyl halides is 2. The summed E-state index contributed by atoms with van der Waals surface area (Å²) in [4.78, 5) is 52.4. The molecule has 3 saturated carbocycles. The minimum Gasteiger partial charge on any atom is -0.449 e. The van der Waals surface area contributed by atoms with Crippen LogP contribution in [0.3, 0.4) is 0 Å². The van der Waals surface area contributed by atoms with Gasteiger partial charge in [-0.25, -0.2) is 8.78 Å². The van der Waals surface area contributed by atoms with E-state index in [-0.39, 0.29) is 52.6 Å². The number of carbonyl (C=O) groups is 4. The van der Waals surface area contributed by atoms with Crippen LogP contribution in [0.2, 0.25) is 10.0 Å². The Labute approximate surface area is 263 Å². The van der Waals surface area contributed by atoms with Crippen LogP contribution < -0.4 is 0 Å². The minimum atomic E-state index is -2.35. The Balaban J connectivity index is 1.55. The molecule has 232 valence electrons. The number of rotatable bonds is 6. The molecule has 1 aromatic rings. The van der Waals surface area contributed by atoms with Gasteiger partial charge in [0.05, 0.1) is 27.5 Å². The van der Waals surface area contributed by atoms with Crippen LogP contribution in [0, 0.1) is 28.6 Å². The fourth-order valence-electron chi connectivity index (χ4n) is 8.54. The van der Waals surface area contributed by atoms with Crippen molar-refractivity contribution in [3.63, 3.8) is 0 Å². The fourth-order valence-corrected chi connectivity index (χ4v) is 10.2. The number of Topliss-reactive ketones (excluding diaryl/α,β-unsaturated/α-hetero) is 1. The van der Waals surface area contributed by atoms with Gasteiger partial charge in [0.15, 0.2) is 22.8 Å². The van der Waals surface area contributed by atoms with Gasteiger partial charge >= 0.3 is 5.97 Å². The number of fused-ring (bicyclic) bond motifs is 5. The molecule has 0 unspecified atom stereocenters. The van der Waals surface area contributed by atoms with Crippen LogP contribution >= 0.6 is 35.0 Å². The summed E-state index contributed by atoms with van der Waals surface area (Å²) in [6.07, 6.45) is -0.0306. The van der Waals surface area contributed by atoms with Crippen molar-refractivity contribution in [1.29, 1.82) is 0 Å². The normalized spacial score (nSPS) is 39.8. The molecule has 4 aliphatic rings. The highest BCUT2D eigenvalue weighted by molar-refractivity contribution is 8.14. The summed E-state index contributed by atoms with van der Waals surface area (Å²) in [5, 5.41) is 11.3. The smallest absolute Gasteiger partial charge is 0.306 e. The van der Waals surface area contributed by atoms with E-state index in [1.807, 2.05) is 0 Å². The summed E-state index contributed by atoms with van der Waals surface area (Å²) >= 11 is 13.1. The first-order valence-corrected chi connectivity index (χ1v) is 16.1. The van der Waals surface area contributed by atoms with E-state index < -0.39 is 74.8 Å². The van der Waals surface area contributed by atoms with Gasteiger partial charge in [0.1, 0.15) is 6.17 Å². The summed E-state index contributed by atoms with van der Waals surface area (Å²) in [5.41, 5.74) is -6.99. The van der Waals surface area contributed by atoms with Crippen LogP contribution in [0.4, 0.5) is 8.78 Å². The number of carbonyl (C=O) groups excluding carboxylic acids is 4. The second-order valence-corrected chi connectivity index (χ2v) is 14.4. The first-order chi connectivity index (χ1) is 20.1. The number of aliphatic hydroxyl groups is 1. The maximum atomic E-state index is 17.6. The molecule has 0 spiro atoms. The van der Waals surface area contributed by atoms with Crippen LogP contribution in [0.15, 0.2) is 42.0 Å². The largest absolute Gasteiger partial charge is 0.449 e. The molecule has 0 bridgehead atoms. The van der Waals surface area contributed by atoms with Gasteiger partial charge in [-0.15, -0.1) is 0 Å². The number of esters is 1. The highest BCUT2D eigenvalue weighted by Gasteiger charge is 2.78. The first kappa shape index (κ1) is 32.3. The number of allylic oxidation sites excluding steroid dienone is 4. The fraction of sp³-hybridized carbons (Fsp3) is 0.562. The Morgan fingerprint density at radius 3 is 2.42 bits per heavy atom. The van der Waals surface area contributed by atoms with Crippen LogP contribution in [0.5, 0.6) is 0 Å². The summed E-state index contributed by atoms with van der Waals surface area (Å²) in [6.45, 7) is 6.51. The Morgan fingerprint density at radius 2 is 1.79 bits per heavy atom. The zero-order valence-electron chi connectivity index (χ0n) is 24.3. The lowest BCUT2D eigenvalue weighted by molar-refractivity contribution is -0.228. The van der Waals surface area contributed by atoms with Crippen molar-refractivity contribution in [3.05, 3.63) is 57.6 Å². The monoisotopic (exact) mass is 654 g/mol. The molecule has 9 atom stereocenters. The van der Waals surface area contributed by atoms with E-state index in [0.717, 1.165) is 6.08 Å². The molecule has 0 radical (unpaired) electrons. The van der Waals surface area contributed by atoms with E-state index in [9.17, 15) is 24.3 Å². The number of thioether (sulfide) groups is 1. The summed E-state index contributed by atoms with van der Waals surface area (Å²) in [6, 6.07) is 4.61. The van der Waals surface area contributed by atoms with Gasteiger partial charge in [-0.3, -0.25) is 19.2 Å². The van der Waals surface area contributed by atoms with Crippen LogP contribution in [-0.2, 0) is 19.1 Å². The van der Waals surface area contributed by atoms with Gasteiger partial charge < -0.3 is 9.84 Å². The molecule has 43 heavy (non-hydrogen) atoms. The lowest BCUT2D eigenvalue weighted by Gasteiger charge is -2.63. The highest BCUT2D eigenvalue weighted by Crippen LogP contribution is 2.72. The molecule has 0 amide bonds. The number of halogens is 4. The van der Waals surface area contributed by atoms with Crippen molar-refractivity contribution >= 4 is 57.6 Å². The zero-order chi connectivity index (χ0) is 31.7. The standard InChI is InChI=1S/C32H34Cl2F2O6S/c1-5-26(40)42-32(28(41)43-15-24(38)27-21(33)7-6-8-22(27)34)16(2)11-18-19-13-23(35)20-12-17(37)9-10-29(20,3)31(19,36)25(39)14-30(18,32)4/h6-10,12,16,18-19,23,25,39H,5,11,13-15H2,1-4H3/t16-,18+,19+,23+,25+,29+,30+,31+,32+/m1/s1. The van der Waals surface area contributed by atoms with Gasteiger partial charge in [0.2, 0.25) is 5.12 Å². The molecule has 0 saturated heterocycles. The van der Waals surface area contributed by atoms with E-state index in [1.165, 1.54) is 31.2 Å². The molecule has 5 rings (SSSR count). The molecule has 11 heteroatoms. The molecular formula is C32H34Cl2F2O6S. The van der Waals surface area contributed by atoms with Crippen molar-refractivity contribution in [2.24, 2.45) is 28.6 Å². The number of hydrogen-bond donors (Lipinski definition) is 1. The molecule has 3 fully saturated rings. The third-order valence-electron chi connectivity index (χ3n) is 10.6. The SMILES string of the molecule is CCC(=O)O[C@]1(C(=O)SCC(=O)c2c(Cl)cccc2Cl)[C@H](C)C[C@H]2[C@@H]3C[C@H](F)C4=CC(=O)C=C[C@]4(C)[C@@]3(F)[C@@H](O)C[C@@]21C. The van der Waals surface area contributed by atoms with Gasteiger partial charge in [-0.05, 0) is 62.0 Å². The van der Waals surface area contributed by atoms with Gasteiger partial charge in [-0.2, -0.15) is 0 Å². The highest BCUT2D eigenvalue weighted by atomic mass is 35.5. The summed E-state index contributed by atoms with van der Waals surface area (Å²) < 4.78 is 39.4. The van der Waals surface area contributed by atoms with E-state index in [0.29, 0.717) is 11.8 Å². The molecular weight excluding hydrogens is 621 g/mol. The Hall–Kier alpha value is -2.07. The number of ketones is 2. The predicted octanol–water partition coefficient (Wildman–Crippen LogP) is 6.69. The Morgan fingerprint density at radius 1 is 1.14 bits per heavy atom. The molecule has 0 aliphatic heterocycles. The van der Waals surface area contributed by atoms with Crippen molar-refractivity contribution in [1.82, 2.24) is 0 Å². The van der Waals surface area contributed by atoms with Crippen LogP contribution in [0.1, 0.15) is 63.7 Å². The third kappa shape index (κ3) is 4.50. The molecule has 4 aliphatic carbocycles. The van der Waals surface area contributed by atoms with E-state index in [4.69, 9.17) is 27.9 Å². The molecule has 6 nitrogen and oxygen atoms in total. The van der Waals surface area contributed by atoms with Gasteiger partial charge in [-0.1, -0.05) is 67.9 Å². The molecule has 0 heterocycles. The van der Waals surface area contributed by atoms with Crippen molar-refractivity contribution < 1.29 is 37.8 Å². The maximum absolute atomic E-state index is 17.6. The van der Waals surface area contributed by atoms with Gasteiger partial charge in [0, 0.05) is 29.1 Å².